The fraction of sp³-hybridized carbons (Fsp3) is 0.333. The van der Waals surface area contributed by atoms with E-state index in [1.54, 1.807) is 43.5 Å². The molecular formula is C33H36FN7O4. The Labute approximate surface area is 261 Å². The van der Waals surface area contributed by atoms with Gasteiger partial charge in [-0.1, -0.05) is 6.58 Å². The smallest absolute Gasteiger partial charge is 0.245 e. The van der Waals surface area contributed by atoms with Crippen molar-refractivity contribution in [1.29, 1.82) is 0 Å². The summed E-state index contributed by atoms with van der Waals surface area (Å²) in [6, 6.07) is 12.1. The SMILES string of the molecule is C=CC(=O)N1CCC(Nc2cc3c(Nc4ccc(Oc5ccnc(N6CC(COC)C6)c5)cc4F)ncnc3cc2OC)CC1. The van der Waals surface area contributed by atoms with Crippen LogP contribution in [0.25, 0.3) is 10.9 Å². The van der Waals surface area contributed by atoms with Crippen molar-refractivity contribution in [3.8, 4) is 17.2 Å². The molecule has 234 valence electrons. The van der Waals surface area contributed by atoms with Crippen LogP contribution in [0.2, 0.25) is 0 Å². The molecule has 45 heavy (non-hydrogen) atoms. The Balaban J connectivity index is 1.16. The molecular weight excluding hydrogens is 577 g/mol. The molecule has 2 N–H and O–H groups in total. The zero-order chi connectivity index (χ0) is 31.3. The average Bonchev–Trinajstić information content (AvgIpc) is 3.04. The van der Waals surface area contributed by atoms with Gasteiger partial charge in [-0.05, 0) is 43.2 Å². The molecule has 6 rings (SSSR count). The number of benzene rings is 2. The lowest BCUT2D eigenvalue weighted by molar-refractivity contribution is -0.126. The topological polar surface area (TPSA) is 114 Å². The van der Waals surface area contributed by atoms with E-state index in [4.69, 9.17) is 14.2 Å². The third-order valence-electron chi connectivity index (χ3n) is 8.13. The van der Waals surface area contributed by atoms with E-state index < -0.39 is 5.82 Å². The highest BCUT2D eigenvalue weighted by Crippen LogP contribution is 2.36. The van der Waals surface area contributed by atoms with Gasteiger partial charge in [0, 0.05) is 75.0 Å². The number of likely N-dealkylation sites (tertiary alicyclic amines) is 1. The Morgan fingerprint density at radius 2 is 1.84 bits per heavy atom. The molecule has 0 saturated carbocycles. The lowest BCUT2D eigenvalue weighted by Gasteiger charge is -2.39. The standard InChI is InChI=1S/C33H36FN7O4/c1-4-32(42)40-11-8-22(9-12-40)38-29-15-25-28(16-30(29)44-3)36-20-37-33(25)39-27-6-5-23(13-26(27)34)45-24-7-10-35-31(14-24)41-17-21(18-41)19-43-2/h4-7,10,13-16,20-22,38H,1,8-9,11-12,17-19H2,2-3H3,(H,36,37,39). The molecule has 12 heteroatoms. The number of hydrogen-bond acceptors (Lipinski definition) is 10. The van der Waals surface area contributed by atoms with E-state index in [-0.39, 0.29) is 17.6 Å². The second-order valence-electron chi connectivity index (χ2n) is 11.2. The monoisotopic (exact) mass is 613 g/mol. The lowest BCUT2D eigenvalue weighted by Crippen LogP contribution is -2.49. The van der Waals surface area contributed by atoms with Crippen LogP contribution in [0.4, 0.5) is 27.4 Å². The number of nitrogens with zero attached hydrogens (tertiary/aromatic N) is 5. The van der Waals surface area contributed by atoms with E-state index >= 15 is 4.39 Å². The largest absolute Gasteiger partial charge is 0.495 e. The number of aromatic nitrogens is 3. The zero-order valence-corrected chi connectivity index (χ0v) is 25.3. The van der Waals surface area contributed by atoms with Crippen LogP contribution in [0.15, 0.2) is 67.6 Å². The van der Waals surface area contributed by atoms with Gasteiger partial charge in [0.05, 0.1) is 30.6 Å². The van der Waals surface area contributed by atoms with Crippen LogP contribution >= 0.6 is 0 Å². The van der Waals surface area contributed by atoms with E-state index in [0.717, 1.165) is 44.0 Å². The molecule has 2 aliphatic heterocycles. The molecule has 2 fully saturated rings. The van der Waals surface area contributed by atoms with E-state index in [1.165, 1.54) is 18.5 Å². The molecule has 2 saturated heterocycles. The summed E-state index contributed by atoms with van der Waals surface area (Å²) >= 11 is 0. The molecule has 4 aromatic rings. The quantitative estimate of drug-likeness (QED) is 0.214. The maximum absolute atomic E-state index is 15.4. The summed E-state index contributed by atoms with van der Waals surface area (Å²) in [6.45, 7) is 7.34. The van der Waals surface area contributed by atoms with Crippen LogP contribution in [0, 0.1) is 11.7 Å². The molecule has 2 aromatic heterocycles. The first kappa shape index (κ1) is 30.1. The second-order valence-corrected chi connectivity index (χ2v) is 11.2. The number of pyridine rings is 1. The number of hydrogen-bond donors (Lipinski definition) is 2. The summed E-state index contributed by atoms with van der Waals surface area (Å²) in [5.74, 6) is 2.77. The van der Waals surface area contributed by atoms with Gasteiger partial charge in [-0.15, -0.1) is 0 Å². The van der Waals surface area contributed by atoms with Crippen molar-refractivity contribution >= 4 is 39.8 Å². The number of carbonyl (C=O) groups is 1. The van der Waals surface area contributed by atoms with Crippen LogP contribution in [0.5, 0.6) is 17.2 Å². The Kier molecular flexibility index (Phi) is 8.92. The van der Waals surface area contributed by atoms with Gasteiger partial charge in [-0.3, -0.25) is 4.79 Å². The molecule has 0 bridgehead atoms. The maximum atomic E-state index is 15.4. The number of halogens is 1. The van der Waals surface area contributed by atoms with Gasteiger partial charge in [0.25, 0.3) is 0 Å². The number of rotatable bonds is 11. The minimum atomic E-state index is -0.494. The highest BCUT2D eigenvalue weighted by atomic mass is 19.1. The van der Waals surface area contributed by atoms with Crippen LogP contribution in [0.3, 0.4) is 0 Å². The number of piperidine rings is 1. The first-order valence-electron chi connectivity index (χ1n) is 14.9. The van der Waals surface area contributed by atoms with Crippen molar-refractivity contribution in [2.75, 3.05) is 62.5 Å². The number of ether oxygens (including phenoxy) is 3. The molecule has 0 atom stereocenters. The first-order valence-corrected chi connectivity index (χ1v) is 14.9. The van der Waals surface area contributed by atoms with Crippen molar-refractivity contribution in [1.82, 2.24) is 19.9 Å². The molecule has 1 amide bonds. The Morgan fingerprint density at radius 3 is 2.58 bits per heavy atom. The van der Waals surface area contributed by atoms with Gasteiger partial charge in [-0.25, -0.2) is 19.3 Å². The van der Waals surface area contributed by atoms with Crippen LogP contribution in [0.1, 0.15) is 12.8 Å². The normalized spacial score (nSPS) is 15.4. The van der Waals surface area contributed by atoms with Gasteiger partial charge in [0.15, 0.2) is 0 Å². The van der Waals surface area contributed by atoms with E-state index in [9.17, 15) is 4.79 Å². The van der Waals surface area contributed by atoms with Crippen molar-refractivity contribution < 1.29 is 23.4 Å². The zero-order valence-electron chi connectivity index (χ0n) is 25.3. The Bertz CT molecular complexity index is 1690. The van der Waals surface area contributed by atoms with Gasteiger partial charge < -0.3 is 34.6 Å². The second kappa shape index (κ2) is 13.3. The van der Waals surface area contributed by atoms with Gasteiger partial charge in [0.1, 0.15) is 41.0 Å². The Hall–Kier alpha value is -4.97. The van der Waals surface area contributed by atoms with Crippen molar-refractivity contribution in [3.05, 3.63) is 73.5 Å². The summed E-state index contributed by atoms with van der Waals surface area (Å²) in [7, 11) is 3.31. The molecule has 0 unspecified atom stereocenters. The van der Waals surface area contributed by atoms with Gasteiger partial charge in [0.2, 0.25) is 5.91 Å². The maximum Gasteiger partial charge on any atom is 0.245 e. The number of carbonyl (C=O) groups excluding carboxylic acids is 1. The average molecular weight is 614 g/mol. The van der Waals surface area contributed by atoms with Gasteiger partial charge in [-0.2, -0.15) is 0 Å². The van der Waals surface area contributed by atoms with Crippen molar-refractivity contribution in [3.63, 3.8) is 0 Å². The fourth-order valence-corrected chi connectivity index (χ4v) is 5.72. The van der Waals surface area contributed by atoms with E-state index in [0.29, 0.717) is 53.0 Å². The van der Waals surface area contributed by atoms with E-state index in [1.807, 2.05) is 18.2 Å². The predicted molar refractivity (Wildman–Crippen MR) is 171 cm³/mol. The summed E-state index contributed by atoms with van der Waals surface area (Å²) < 4.78 is 32.2. The van der Waals surface area contributed by atoms with Gasteiger partial charge >= 0.3 is 0 Å². The number of anilines is 4. The van der Waals surface area contributed by atoms with Crippen LogP contribution in [-0.2, 0) is 9.53 Å². The summed E-state index contributed by atoms with van der Waals surface area (Å²) in [6.07, 6.45) is 6.03. The molecule has 0 radical (unpaired) electrons. The fourth-order valence-electron chi connectivity index (χ4n) is 5.72. The molecule has 2 aliphatic rings. The summed E-state index contributed by atoms with van der Waals surface area (Å²) in [4.78, 5) is 29.2. The molecule has 11 nitrogen and oxygen atoms in total. The first-order chi connectivity index (χ1) is 21.9. The summed E-state index contributed by atoms with van der Waals surface area (Å²) in [5, 5.41) is 7.37. The highest BCUT2D eigenvalue weighted by Gasteiger charge is 2.28. The number of amides is 1. The lowest BCUT2D eigenvalue weighted by atomic mass is 10.0. The van der Waals surface area contributed by atoms with Crippen molar-refractivity contribution in [2.45, 2.75) is 18.9 Å². The molecule has 0 spiro atoms. The third kappa shape index (κ3) is 6.75. The minimum Gasteiger partial charge on any atom is -0.495 e. The summed E-state index contributed by atoms with van der Waals surface area (Å²) in [5.41, 5.74) is 1.66. The van der Waals surface area contributed by atoms with Crippen LogP contribution in [-0.4, -0.2) is 78.8 Å². The van der Waals surface area contributed by atoms with E-state index in [2.05, 4.69) is 37.1 Å². The predicted octanol–water partition coefficient (Wildman–Crippen LogP) is 5.38. The third-order valence-corrected chi connectivity index (χ3v) is 8.13. The Morgan fingerprint density at radius 1 is 1.04 bits per heavy atom. The number of fused-ring (bicyclic) bond motifs is 1. The van der Waals surface area contributed by atoms with Crippen LogP contribution < -0.4 is 25.0 Å². The molecule has 0 aliphatic carbocycles. The number of nitrogens with one attached hydrogen (secondary N) is 2. The molecule has 4 heterocycles. The highest BCUT2D eigenvalue weighted by molar-refractivity contribution is 5.95. The number of methoxy groups -OCH3 is 2. The molecule has 2 aromatic carbocycles. The minimum absolute atomic E-state index is 0.0539. The van der Waals surface area contributed by atoms with Crippen molar-refractivity contribution in [2.24, 2.45) is 5.92 Å².